The first-order valence-electron chi connectivity index (χ1n) is 4.22. The molecule has 0 spiro atoms. The van der Waals surface area contributed by atoms with E-state index >= 15 is 0 Å². The first-order valence-corrected chi connectivity index (χ1v) is 5.87. The molecule has 0 atom stereocenters. The van der Waals surface area contributed by atoms with Crippen LogP contribution in [0.5, 0.6) is 0 Å². The average molecular weight is 225 g/mol. The van der Waals surface area contributed by atoms with Crippen molar-refractivity contribution < 1.29 is 8.42 Å². The highest BCUT2D eigenvalue weighted by molar-refractivity contribution is 7.89. The Morgan fingerprint density at radius 3 is 2.47 bits per heavy atom. The van der Waals surface area contributed by atoms with Crippen molar-refractivity contribution in [3.05, 3.63) is 29.8 Å². The van der Waals surface area contributed by atoms with Gasteiger partial charge in [0.05, 0.1) is 6.07 Å². The van der Waals surface area contributed by atoms with E-state index in [1.807, 2.05) is 0 Å². The summed E-state index contributed by atoms with van der Waals surface area (Å²) in [6, 6.07) is 8.41. The molecule has 0 saturated heterocycles. The highest BCUT2D eigenvalue weighted by Gasteiger charge is 2.08. The van der Waals surface area contributed by atoms with E-state index < -0.39 is 15.8 Å². The van der Waals surface area contributed by atoms with Crippen LogP contribution in [0.1, 0.15) is 5.56 Å². The second kappa shape index (κ2) is 4.77. The predicted octanol–water partition coefficient (Wildman–Crippen LogP) is 0.212. The number of anilines is 1. The number of hydrogen-bond donors (Lipinski definition) is 2. The fraction of sp³-hybridized carbons (Fsp3) is 0.222. The fourth-order valence-electron chi connectivity index (χ4n) is 0.965. The largest absolute Gasteiger partial charge is 0.399 e. The molecule has 1 aromatic carbocycles. The van der Waals surface area contributed by atoms with E-state index in [0.717, 1.165) is 5.56 Å². The third-order valence-corrected chi connectivity index (χ3v) is 2.82. The van der Waals surface area contributed by atoms with Crippen molar-refractivity contribution in [2.45, 2.75) is 6.54 Å². The zero-order chi connectivity index (χ0) is 11.3. The number of nitrogens with one attached hydrogen (secondary N) is 1. The van der Waals surface area contributed by atoms with Crippen LogP contribution in [0.4, 0.5) is 5.69 Å². The van der Waals surface area contributed by atoms with Gasteiger partial charge in [-0.1, -0.05) is 12.1 Å². The van der Waals surface area contributed by atoms with Gasteiger partial charge in [0.15, 0.2) is 5.75 Å². The van der Waals surface area contributed by atoms with Gasteiger partial charge in [-0.3, -0.25) is 0 Å². The molecule has 15 heavy (non-hydrogen) atoms. The molecule has 1 aromatic rings. The number of benzene rings is 1. The Kier molecular flexibility index (Phi) is 3.66. The molecule has 0 saturated carbocycles. The Labute approximate surface area is 88.6 Å². The SMILES string of the molecule is N#CCS(=O)(=O)NCc1ccc(N)cc1. The summed E-state index contributed by atoms with van der Waals surface area (Å²) in [7, 11) is -3.48. The van der Waals surface area contributed by atoms with Gasteiger partial charge in [-0.25, -0.2) is 13.1 Å². The third kappa shape index (κ3) is 3.97. The summed E-state index contributed by atoms with van der Waals surface area (Å²) < 4.78 is 24.5. The second-order valence-corrected chi connectivity index (χ2v) is 4.79. The Hall–Kier alpha value is -1.58. The minimum Gasteiger partial charge on any atom is -0.399 e. The second-order valence-electron chi connectivity index (χ2n) is 2.98. The molecule has 80 valence electrons. The number of rotatable bonds is 4. The van der Waals surface area contributed by atoms with E-state index in [4.69, 9.17) is 11.0 Å². The van der Waals surface area contributed by atoms with Gasteiger partial charge < -0.3 is 5.73 Å². The van der Waals surface area contributed by atoms with Crippen molar-refractivity contribution in [2.24, 2.45) is 0 Å². The molecular weight excluding hydrogens is 214 g/mol. The number of nitriles is 1. The van der Waals surface area contributed by atoms with Crippen molar-refractivity contribution in [3.8, 4) is 6.07 Å². The van der Waals surface area contributed by atoms with Crippen molar-refractivity contribution in [1.29, 1.82) is 5.26 Å². The summed E-state index contributed by atoms with van der Waals surface area (Å²) in [6.45, 7) is 0.171. The first kappa shape index (κ1) is 11.5. The van der Waals surface area contributed by atoms with Crippen molar-refractivity contribution >= 4 is 15.7 Å². The molecule has 0 aromatic heterocycles. The maximum atomic E-state index is 11.1. The summed E-state index contributed by atoms with van der Waals surface area (Å²) in [6.07, 6.45) is 0. The van der Waals surface area contributed by atoms with Gasteiger partial charge >= 0.3 is 0 Å². The molecule has 0 fully saturated rings. The molecule has 5 nitrogen and oxygen atoms in total. The van der Waals surface area contributed by atoms with Gasteiger partial charge in [0.2, 0.25) is 10.0 Å². The number of nitrogens with zero attached hydrogens (tertiary/aromatic N) is 1. The van der Waals surface area contributed by atoms with Crippen LogP contribution in [-0.4, -0.2) is 14.2 Å². The summed E-state index contributed by atoms with van der Waals surface area (Å²) in [5.41, 5.74) is 6.90. The quantitative estimate of drug-likeness (QED) is 0.716. The van der Waals surface area contributed by atoms with Gasteiger partial charge in [0, 0.05) is 12.2 Å². The Morgan fingerprint density at radius 1 is 1.33 bits per heavy atom. The monoisotopic (exact) mass is 225 g/mol. The number of nitrogens with two attached hydrogens (primary N) is 1. The molecular formula is C9H11N3O2S. The standard InChI is InChI=1S/C9H11N3O2S/c10-5-6-15(13,14)12-7-8-1-3-9(11)4-2-8/h1-4,12H,6-7,11H2. The lowest BCUT2D eigenvalue weighted by Gasteiger charge is -2.03. The zero-order valence-corrected chi connectivity index (χ0v) is 8.79. The predicted molar refractivity (Wildman–Crippen MR) is 57.1 cm³/mol. The highest BCUT2D eigenvalue weighted by Crippen LogP contribution is 2.05. The number of nitrogen functional groups attached to an aromatic ring is 1. The minimum absolute atomic E-state index is 0.171. The molecule has 0 heterocycles. The van der Waals surface area contributed by atoms with E-state index in [9.17, 15) is 8.42 Å². The zero-order valence-electron chi connectivity index (χ0n) is 7.97. The lowest BCUT2D eigenvalue weighted by molar-refractivity contribution is 0.585. The highest BCUT2D eigenvalue weighted by atomic mass is 32.2. The Balaban J connectivity index is 2.59. The smallest absolute Gasteiger partial charge is 0.225 e. The van der Waals surface area contributed by atoms with Crippen LogP contribution in [0.2, 0.25) is 0 Å². The summed E-state index contributed by atoms with van der Waals surface area (Å²) in [4.78, 5) is 0. The third-order valence-electron chi connectivity index (χ3n) is 1.73. The van der Waals surface area contributed by atoms with Gasteiger partial charge in [-0.2, -0.15) is 5.26 Å². The van der Waals surface area contributed by atoms with Crippen LogP contribution in [0.15, 0.2) is 24.3 Å². The maximum Gasteiger partial charge on any atom is 0.225 e. The van der Waals surface area contributed by atoms with E-state index in [0.29, 0.717) is 5.69 Å². The van der Waals surface area contributed by atoms with E-state index in [1.165, 1.54) is 0 Å². The molecule has 0 aliphatic carbocycles. The van der Waals surface area contributed by atoms with Crippen molar-refractivity contribution in [1.82, 2.24) is 4.72 Å². The van der Waals surface area contributed by atoms with Gasteiger partial charge in [-0.05, 0) is 17.7 Å². The van der Waals surface area contributed by atoms with Crippen molar-refractivity contribution in [3.63, 3.8) is 0 Å². The fourth-order valence-corrected chi connectivity index (χ4v) is 1.62. The van der Waals surface area contributed by atoms with Crippen molar-refractivity contribution in [2.75, 3.05) is 11.5 Å². The summed E-state index contributed by atoms with van der Waals surface area (Å²) in [5.74, 6) is -0.526. The first-order chi connectivity index (χ1) is 7.03. The van der Waals surface area contributed by atoms with Gasteiger partial charge in [-0.15, -0.1) is 0 Å². The molecule has 3 N–H and O–H groups in total. The summed E-state index contributed by atoms with van der Waals surface area (Å²) >= 11 is 0. The lowest BCUT2D eigenvalue weighted by atomic mass is 10.2. The van der Waals surface area contributed by atoms with Crippen LogP contribution < -0.4 is 10.5 Å². The van der Waals surface area contributed by atoms with E-state index in [1.54, 1.807) is 30.3 Å². The van der Waals surface area contributed by atoms with Crippen LogP contribution in [-0.2, 0) is 16.6 Å². The molecule has 0 radical (unpaired) electrons. The topological polar surface area (TPSA) is 96.0 Å². The molecule has 0 bridgehead atoms. The summed E-state index contributed by atoms with van der Waals surface area (Å²) in [5, 5.41) is 8.25. The normalized spacial score (nSPS) is 10.9. The number of sulfonamides is 1. The molecule has 0 aliphatic heterocycles. The minimum atomic E-state index is -3.48. The van der Waals surface area contributed by atoms with E-state index in [2.05, 4.69) is 4.72 Å². The molecule has 0 unspecified atom stereocenters. The van der Waals surface area contributed by atoms with E-state index in [-0.39, 0.29) is 6.54 Å². The molecule has 0 amide bonds. The lowest BCUT2D eigenvalue weighted by Crippen LogP contribution is -2.25. The Bertz CT molecular complexity index is 459. The molecule has 6 heteroatoms. The van der Waals surface area contributed by atoms with Gasteiger partial charge in [0.25, 0.3) is 0 Å². The molecule has 1 rings (SSSR count). The van der Waals surface area contributed by atoms with Gasteiger partial charge in [0.1, 0.15) is 0 Å². The maximum absolute atomic E-state index is 11.1. The van der Waals surface area contributed by atoms with Crippen LogP contribution in [0.25, 0.3) is 0 Å². The van der Waals surface area contributed by atoms with Crippen LogP contribution in [0, 0.1) is 11.3 Å². The molecule has 0 aliphatic rings. The van der Waals surface area contributed by atoms with Crippen LogP contribution >= 0.6 is 0 Å². The average Bonchev–Trinajstić information content (AvgIpc) is 2.17. The number of hydrogen-bond acceptors (Lipinski definition) is 4. The van der Waals surface area contributed by atoms with Crippen LogP contribution in [0.3, 0.4) is 0 Å². The Morgan fingerprint density at radius 2 is 1.93 bits per heavy atom.